The van der Waals surface area contributed by atoms with Crippen molar-refractivity contribution < 1.29 is 33.7 Å². The second-order valence-corrected chi connectivity index (χ2v) is 23.1. The van der Waals surface area contributed by atoms with Crippen LogP contribution in [0.2, 0.25) is 25.7 Å². The summed E-state index contributed by atoms with van der Waals surface area (Å²) in [4.78, 5) is 46.7. The summed E-state index contributed by atoms with van der Waals surface area (Å²) in [5, 5.41) is 0. The van der Waals surface area contributed by atoms with Crippen LogP contribution in [0.1, 0.15) is 91.7 Å². The number of pyridine rings is 3. The van der Waals surface area contributed by atoms with Crippen molar-refractivity contribution in [2.75, 3.05) is 13.2 Å². The van der Waals surface area contributed by atoms with Gasteiger partial charge in [-0.15, -0.1) is 22.1 Å². The van der Waals surface area contributed by atoms with Gasteiger partial charge in [-0.1, -0.05) is 79.9 Å². The standard InChI is InChI=1S/C58H47N7O3Si.Zn/c1-69(2,3)40-39-68-58(66)41-17-22-45(23-18-41)67-38-12-4-5-16-46-50-27-29-52(62-50)47(24-19-42-13-6-9-35-59-42)54-31-33-56(64-54)49(26-21-44-15-8-11-37-61-44)57-34-32-55(65-57)48(53-30-28-51(46)63-53)25-20-43-14-7-10-36-60-43;/h6-11,13-15,17-18,22-23,27-37H,4-5,12,16,38-40H2,1-3H3;/q-2;+2. The van der Waals surface area contributed by atoms with E-state index in [1.165, 1.54) is 0 Å². The number of carbonyl (C=O) groups excluding carboxylic acids is 1. The Kier molecular flexibility index (Phi) is 15.9. The molecule has 0 radical (unpaired) electrons. The molecular weight excluding hydrogens is 936 g/mol. The molecule has 0 unspecified atom stereocenters. The van der Waals surface area contributed by atoms with E-state index in [9.17, 15) is 4.79 Å². The van der Waals surface area contributed by atoms with Gasteiger partial charge in [-0.05, 0) is 140 Å². The number of carbonyl (C=O) groups is 1. The Morgan fingerprint density at radius 2 is 1.00 bits per heavy atom. The molecule has 0 atom stereocenters. The van der Waals surface area contributed by atoms with Crippen molar-refractivity contribution in [1.82, 2.24) is 34.9 Å². The van der Waals surface area contributed by atoms with Gasteiger partial charge in [0.25, 0.3) is 0 Å². The Morgan fingerprint density at radius 3 is 1.47 bits per heavy atom. The zero-order chi connectivity index (χ0) is 47.4. The van der Waals surface area contributed by atoms with Gasteiger partial charge in [0.1, 0.15) is 22.8 Å². The molecule has 7 aromatic rings. The molecule has 0 fully saturated rings. The first-order valence-corrected chi connectivity index (χ1v) is 26.7. The van der Waals surface area contributed by atoms with Gasteiger partial charge >= 0.3 is 25.4 Å². The number of ether oxygens (including phenoxy) is 2. The Labute approximate surface area is 422 Å². The van der Waals surface area contributed by atoms with Crippen molar-refractivity contribution in [3.8, 4) is 41.3 Å². The topological polar surface area (TPSA) is 128 Å². The molecule has 6 aromatic heterocycles. The number of unbranched alkanes of at least 4 members (excludes halogenated alkanes) is 2. The Hall–Kier alpha value is -7.94. The van der Waals surface area contributed by atoms with Gasteiger partial charge in [0.05, 0.1) is 41.6 Å². The largest absolute Gasteiger partial charge is 2.00 e. The monoisotopic (exact) mass is 981 g/mol. The molecule has 2 aliphatic rings. The van der Waals surface area contributed by atoms with Crippen LogP contribution < -0.4 is 14.7 Å². The molecule has 0 saturated heterocycles. The summed E-state index contributed by atoms with van der Waals surface area (Å²) in [6.07, 6.45) is 16.5. The summed E-state index contributed by atoms with van der Waals surface area (Å²) >= 11 is 0. The number of rotatable bonds is 11. The van der Waals surface area contributed by atoms with Gasteiger partial charge in [-0.2, -0.15) is 0 Å². The first-order valence-electron chi connectivity index (χ1n) is 23.0. The van der Waals surface area contributed by atoms with Crippen LogP contribution in [-0.4, -0.2) is 52.2 Å². The summed E-state index contributed by atoms with van der Waals surface area (Å²) in [6, 6.07) is 32.8. The third-order valence-corrected chi connectivity index (χ3v) is 12.9. The third kappa shape index (κ3) is 12.6. The van der Waals surface area contributed by atoms with Crippen LogP contribution in [0, 0.1) is 35.5 Å². The van der Waals surface area contributed by atoms with Crippen LogP contribution in [0.25, 0.3) is 46.4 Å². The zero-order valence-corrected chi connectivity index (χ0v) is 43.3. The van der Waals surface area contributed by atoms with Crippen molar-refractivity contribution in [1.29, 1.82) is 0 Å². The molecule has 70 heavy (non-hydrogen) atoms. The van der Waals surface area contributed by atoms with E-state index in [1.54, 1.807) is 30.7 Å². The Bertz CT molecular complexity index is 3280. The Morgan fingerprint density at radius 1 is 0.529 bits per heavy atom. The molecule has 0 spiro atoms. The summed E-state index contributed by atoms with van der Waals surface area (Å²) in [5.41, 5.74) is 10.8. The van der Waals surface area contributed by atoms with Gasteiger partial charge < -0.3 is 19.4 Å². The van der Waals surface area contributed by atoms with Crippen LogP contribution in [0.3, 0.4) is 0 Å². The molecule has 338 valence electrons. The number of nitrogens with zero attached hydrogens (tertiary/aromatic N) is 7. The van der Waals surface area contributed by atoms with Gasteiger partial charge in [-0.25, -0.2) is 29.7 Å². The number of esters is 1. The normalized spacial score (nSPS) is 11.2. The van der Waals surface area contributed by atoms with Crippen molar-refractivity contribution in [3.05, 3.63) is 189 Å². The molecule has 1 aromatic carbocycles. The van der Waals surface area contributed by atoms with Crippen LogP contribution in [0.5, 0.6) is 5.75 Å². The summed E-state index contributed by atoms with van der Waals surface area (Å²) in [7, 11) is -1.29. The van der Waals surface area contributed by atoms with E-state index in [0.29, 0.717) is 98.2 Å². The minimum atomic E-state index is -1.29. The van der Waals surface area contributed by atoms with E-state index in [2.05, 4.69) is 70.1 Å². The van der Waals surface area contributed by atoms with Gasteiger partial charge in [0, 0.05) is 43.4 Å². The van der Waals surface area contributed by atoms with Gasteiger partial charge in [0.2, 0.25) is 0 Å². The van der Waals surface area contributed by atoms with Crippen LogP contribution >= 0.6 is 0 Å². The summed E-state index contributed by atoms with van der Waals surface area (Å²) < 4.78 is 11.6. The maximum atomic E-state index is 12.6. The van der Waals surface area contributed by atoms with Gasteiger partial charge in [-0.3, -0.25) is 0 Å². The fourth-order valence-corrected chi connectivity index (χ4v) is 8.18. The number of benzene rings is 1. The predicted molar refractivity (Wildman–Crippen MR) is 275 cm³/mol. The van der Waals surface area contributed by atoms with E-state index < -0.39 is 8.07 Å². The fraction of sp³-hybridized carbons (Fsp3) is 0.172. The number of aromatic nitrogens is 7. The average molecular weight is 984 g/mol. The summed E-state index contributed by atoms with van der Waals surface area (Å²) in [5.74, 6) is 20.2. The number of hydrogen-bond acceptors (Lipinski definition) is 8. The minimum Gasteiger partial charge on any atom is -0.656 e. The van der Waals surface area contributed by atoms with Crippen LogP contribution in [0.4, 0.5) is 0 Å². The number of hydrogen-bond donors (Lipinski definition) is 0. The molecule has 0 amide bonds. The van der Waals surface area contributed by atoms with Crippen molar-refractivity contribution in [2.45, 2.75) is 51.4 Å². The number of fused-ring (bicyclic) bond motifs is 8. The molecule has 8 heterocycles. The molecule has 0 saturated carbocycles. The van der Waals surface area contributed by atoms with Crippen molar-refractivity contribution in [3.63, 3.8) is 0 Å². The Balaban J connectivity index is 0.00000659. The molecule has 9 rings (SSSR count). The van der Waals surface area contributed by atoms with Crippen LogP contribution in [0.15, 0.2) is 122 Å². The van der Waals surface area contributed by atoms with E-state index >= 15 is 0 Å². The fourth-order valence-electron chi connectivity index (χ4n) is 7.47. The van der Waals surface area contributed by atoms with Crippen molar-refractivity contribution in [2.24, 2.45) is 0 Å². The van der Waals surface area contributed by atoms with Crippen molar-refractivity contribution >= 4 is 60.4 Å². The first kappa shape index (κ1) is 48.5. The molecular formula is C58H47N7O3SiZn. The predicted octanol–water partition coefficient (Wildman–Crippen LogP) is 10.6. The second kappa shape index (κ2) is 22.9. The molecule has 2 aliphatic heterocycles. The summed E-state index contributed by atoms with van der Waals surface area (Å²) in [6.45, 7) is 7.77. The molecule has 0 aliphatic carbocycles. The van der Waals surface area contributed by atoms with E-state index in [4.69, 9.17) is 29.4 Å². The van der Waals surface area contributed by atoms with Crippen LogP contribution in [-0.2, 0) is 30.6 Å². The molecule has 12 heteroatoms. The smallest absolute Gasteiger partial charge is 0.656 e. The maximum Gasteiger partial charge on any atom is 2.00 e. The SMILES string of the molecule is C[Si](C)(C)CCOC(=O)c1ccc(OCCCCCc2c3nc(c(C#Cc4ccccn4)c4ccc([n-]4)c(C#Cc4ccccn4)c4ccc([n-]4)c(C#Cc4ccccn4)c4nc2C=C4)C=C3)cc1.[Zn+2]. The van der Waals surface area contributed by atoms with E-state index in [1.807, 2.05) is 115 Å². The second-order valence-electron chi connectivity index (χ2n) is 17.5. The molecule has 10 nitrogen and oxygen atoms in total. The van der Waals surface area contributed by atoms with Gasteiger partial charge in [0.15, 0.2) is 0 Å². The first-order chi connectivity index (χ1) is 33.7. The molecule has 0 N–H and O–H groups in total. The molecule has 8 bridgehead atoms. The minimum absolute atomic E-state index is 0. The average Bonchev–Trinajstić information content (AvgIpc) is 4.22. The maximum absolute atomic E-state index is 12.6. The van der Waals surface area contributed by atoms with E-state index in [-0.39, 0.29) is 25.4 Å². The quantitative estimate of drug-likeness (QED) is 0.0535. The zero-order valence-electron chi connectivity index (χ0n) is 39.4. The van der Waals surface area contributed by atoms with E-state index in [0.717, 1.165) is 42.3 Å². The third-order valence-electron chi connectivity index (χ3n) is 11.2.